The molecule has 2 aromatic rings. The van der Waals surface area contributed by atoms with Gasteiger partial charge in [-0.15, -0.1) is 0 Å². The Bertz CT molecular complexity index is 529. The van der Waals surface area contributed by atoms with Crippen molar-refractivity contribution in [3.05, 3.63) is 24.0 Å². The molecule has 0 unspecified atom stereocenters. The summed E-state index contributed by atoms with van der Waals surface area (Å²) < 4.78 is 0. The Morgan fingerprint density at radius 3 is 3.22 bits per heavy atom. The Kier molecular flexibility index (Phi) is 3.43. The highest BCUT2D eigenvalue weighted by molar-refractivity contribution is 7.99. The molecular weight excluding hydrogens is 244 g/mol. The Morgan fingerprint density at radius 1 is 1.33 bits per heavy atom. The van der Waals surface area contributed by atoms with E-state index in [2.05, 4.69) is 14.9 Å². The zero-order valence-electron chi connectivity index (χ0n) is 10.4. The molecular formula is C13H18N4S. The van der Waals surface area contributed by atoms with Gasteiger partial charge < -0.3 is 10.7 Å². The molecule has 0 radical (unpaired) electrons. The van der Waals surface area contributed by atoms with Crippen molar-refractivity contribution in [3.8, 4) is 0 Å². The molecule has 96 valence electrons. The number of rotatable bonds is 2. The van der Waals surface area contributed by atoms with Gasteiger partial charge in [0.05, 0.1) is 17.6 Å². The lowest BCUT2D eigenvalue weighted by Gasteiger charge is -2.17. The molecule has 0 atom stereocenters. The van der Waals surface area contributed by atoms with Crippen molar-refractivity contribution in [2.45, 2.75) is 13.0 Å². The van der Waals surface area contributed by atoms with Crippen molar-refractivity contribution >= 4 is 28.5 Å². The van der Waals surface area contributed by atoms with Gasteiger partial charge >= 0.3 is 0 Å². The number of nitrogens with one attached hydrogen (secondary N) is 1. The lowest BCUT2D eigenvalue weighted by atomic mass is 10.3. The number of nitrogen functional groups attached to an aromatic ring is 1. The van der Waals surface area contributed by atoms with Crippen LogP contribution in [-0.4, -0.2) is 39.5 Å². The lowest BCUT2D eigenvalue weighted by Crippen LogP contribution is -2.25. The molecule has 4 nitrogen and oxygen atoms in total. The van der Waals surface area contributed by atoms with Crippen LogP contribution in [0.2, 0.25) is 0 Å². The third-order valence-electron chi connectivity index (χ3n) is 3.24. The van der Waals surface area contributed by atoms with Crippen LogP contribution in [-0.2, 0) is 6.54 Å². The number of hydrogen-bond acceptors (Lipinski definition) is 4. The van der Waals surface area contributed by atoms with Crippen LogP contribution in [0, 0.1) is 0 Å². The van der Waals surface area contributed by atoms with E-state index in [4.69, 9.17) is 5.73 Å². The molecule has 3 rings (SSSR count). The maximum Gasteiger partial charge on any atom is 0.121 e. The number of hydrogen-bond donors (Lipinski definition) is 2. The average molecular weight is 262 g/mol. The molecule has 5 heteroatoms. The number of anilines is 1. The van der Waals surface area contributed by atoms with Crippen LogP contribution in [0.5, 0.6) is 0 Å². The SMILES string of the molecule is Nc1ccc2nc(CN3CCCSCC3)[nH]c2c1. The molecule has 0 bridgehead atoms. The van der Waals surface area contributed by atoms with Gasteiger partial charge in [-0.3, -0.25) is 4.90 Å². The van der Waals surface area contributed by atoms with Crippen LogP contribution in [0.3, 0.4) is 0 Å². The van der Waals surface area contributed by atoms with Gasteiger partial charge in [-0.2, -0.15) is 11.8 Å². The number of nitrogens with zero attached hydrogens (tertiary/aromatic N) is 2. The number of nitrogens with two attached hydrogens (primary N) is 1. The molecule has 3 N–H and O–H groups in total. The maximum absolute atomic E-state index is 5.78. The first-order valence-electron chi connectivity index (χ1n) is 6.35. The lowest BCUT2D eigenvalue weighted by molar-refractivity contribution is 0.281. The number of H-pyrrole nitrogens is 1. The fraction of sp³-hybridized carbons (Fsp3) is 0.462. The van der Waals surface area contributed by atoms with Gasteiger partial charge in [-0.1, -0.05) is 0 Å². The number of imidazole rings is 1. The zero-order chi connectivity index (χ0) is 12.4. The summed E-state index contributed by atoms with van der Waals surface area (Å²) >= 11 is 2.05. The van der Waals surface area contributed by atoms with E-state index in [9.17, 15) is 0 Å². The minimum absolute atomic E-state index is 0.781. The van der Waals surface area contributed by atoms with E-state index in [-0.39, 0.29) is 0 Å². The monoisotopic (exact) mass is 262 g/mol. The summed E-state index contributed by atoms with van der Waals surface area (Å²) in [4.78, 5) is 10.5. The van der Waals surface area contributed by atoms with Crippen molar-refractivity contribution in [1.29, 1.82) is 0 Å². The van der Waals surface area contributed by atoms with E-state index in [1.807, 2.05) is 30.0 Å². The molecule has 18 heavy (non-hydrogen) atoms. The van der Waals surface area contributed by atoms with E-state index < -0.39 is 0 Å². The second-order valence-corrected chi connectivity index (χ2v) is 5.93. The average Bonchev–Trinajstić information content (AvgIpc) is 2.57. The molecule has 0 aliphatic carbocycles. The smallest absolute Gasteiger partial charge is 0.121 e. The summed E-state index contributed by atoms with van der Waals surface area (Å²) in [6.45, 7) is 3.24. The van der Waals surface area contributed by atoms with Crippen LogP contribution < -0.4 is 5.73 Å². The van der Waals surface area contributed by atoms with Crippen LogP contribution in [0.25, 0.3) is 11.0 Å². The largest absolute Gasteiger partial charge is 0.399 e. The quantitative estimate of drug-likeness (QED) is 0.814. The van der Waals surface area contributed by atoms with E-state index in [1.54, 1.807) is 0 Å². The topological polar surface area (TPSA) is 57.9 Å². The summed E-state index contributed by atoms with van der Waals surface area (Å²) in [7, 11) is 0. The van der Waals surface area contributed by atoms with E-state index in [0.717, 1.165) is 35.6 Å². The first-order valence-corrected chi connectivity index (χ1v) is 7.51. The van der Waals surface area contributed by atoms with Crippen LogP contribution in [0.1, 0.15) is 12.2 Å². The van der Waals surface area contributed by atoms with Crippen LogP contribution in [0.4, 0.5) is 5.69 Å². The van der Waals surface area contributed by atoms with Gasteiger partial charge in [0, 0.05) is 18.0 Å². The maximum atomic E-state index is 5.78. The van der Waals surface area contributed by atoms with Gasteiger partial charge in [0.2, 0.25) is 0 Å². The predicted molar refractivity (Wildman–Crippen MR) is 77.7 cm³/mol. The fourth-order valence-electron chi connectivity index (χ4n) is 2.32. The second kappa shape index (κ2) is 5.20. The number of aromatic amines is 1. The van der Waals surface area contributed by atoms with Crippen LogP contribution in [0.15, 0.2) is 18.2 Å². The normalized spacial score (nSPS) is 18.0. The molecule has 1 saturated heterocycles. The van der Waals surface area contributed by atoms with Gasteiger partial charge in [0.25, 0.3) is 0 Å². The molecule has 1 aromatic heterocycles. The molecule has 1 aliphatic heterocycles. The highest BCUT2D eigenvalue weighted by Crippen LogP contribution is 2.17. The van der Waals surface area contributed by atoms with Crippen LogP contribution >= 0.6 is 11.8 Å². The summed E-state index contributed by atoms with van der Waals surface area (Å²) in [5.41, 5.74) is 8.60. The fourth-order valence-corrected chi connectivity index (χ4v) is 3.25. The summed E-state index contributed by atoms with van der Waals surface area (Å²) in [6.07, 6.45) is 1.28. The molecule has 1 fully saturated rings. The Morgan fingerprint density at radius 2 is 2.28 bits per heavy atom. The minimum Gasteiger partial charge on any atom is -0.399 e. The number of benzene rings is 1. The Labute approximate surface area is 111 Å². The van der Waals surface area contributed by atoms with Crippen molar-refractivity contribution in [3.63, 3.8) is 0 Å². The Balaban J connectivity index is 1.77. The molecule has 0 amide bonds. The summed E-state index contributed by atoms with van der Waals surface area (Å²) in [5, 5.41) is 0. The second-order valence-electron chi connectivity index (χ2n) is 4.70. The Hall–Kier alpha value is -1.20. The summed E-state index contributed by atoms with van der Waals surface area (Å²) in [6, 6.07) is 5.82. The third-order valence-corrected chi connectivity index (χ3v) is 4.29. The van der Waals surface area contributed by atoms with Gasteiger partial charge in [0.1, 0.15) is 5.82 Å². The first-order chi connectivity index (χ1) is 8.81. The minimum atomic E-state index is 0.781. The van der Waals surface area contributed by atoms with Gasteiger partial charge in [-0.25, -0.2) is 4.98 Å². The first kappa shape index (κ1) is 11.9. The van der Waals surface area contributed by atoms with E-state index in [0.29, 0.717) is 0 Å². The van der Waals surface area contributed by atoms with Crippen molar-refractivity contribution in [1.82, 2.24) is 14.9 Å². The van der Waals surface area contributed by atoms with Crippen molar-refractivity contribution in [2.75, 3.05) is 30.3 Å². The third kappa shape index (κ3) is 2.62. The van der Waals surface area contributed by atoms with E-state index in [1.165, 1.54) is 24.5 Å². The predicted octanol–water partition coefficient (Wildman–Crippen LogP) is 2.08. The number of aromatic nitrogens is 2. The molecule has 1 aliphatic rings. The van der Waals surface area contributed by atoms with Crippen molar-refractivity contribution in [2.24, 2.45) is 0 Å². The highest BCUT2D eigenvalue weighted by Gasteiger charge is 2.11. The van der Waals surface area contributed by atoms with Gasteiger partial charge in [-0.05, 0) is 36.9 Å². The highest BCUT2D eigenvalue weighted by atomic mass is 32.2. The van der Waals surface area contributed by atoms with Crippen molar-refractivity contribution < 1.29 is 0 Å². The van der Waals surface area contributed by atoms with E-state index >= 15 is 0 Å². The standard InChI is InChI=1S/C13H18N4S/c14-10-2-3-11-12(8-10)16-13(15-11)9-17-4-1-6-18-7-5-17/h2-3,8H,1,4-7,9,14H2,(H,15,16). The molecule has 1 aromatic carbocycles. The molecule has 2 heterocycles. The molecule has 0 saturated carbocycles. The molecule has 0 spiro atoms. The van der Waals surface area contributed by atoms with Gasteiger partial charge in [0.15, 0.2) is 0 Å². The summed E-state index contributed by atoms with van der Waals surface area (Å²) in [5.74, 6) is 3.56. The number of thioether (sulfide) groups is 1. The number of fused-ring (bicyclic) bond motifs is 1. The zero-order valence-corrected chi connectivity index (χ0v) is 11.2.